The Balaban J connectivity index is 1.79. The summed E-state index contributed by atoms with van der Waals surface area (Å²) in [6.45, 7) is 0.0167. The van der Waals surface area contributed by atoms with Crippen molar-refractivity contribution in [3.8, 4) is 22.8 Å². The summed E-state index contributed by atoms with van der Waals surface area (Å²) in [5.74, 6) is -0.654. The molecule has 1 N–H and O–H groups in total. The van der Waals surface area contributed by atoms with Gasteiger partial charge < -0.3 is 14.8 Å². The highest BCUT2D eigenvalue weighted by atomic mass is 127. The molecule has 2 heterocycles. The molecule has 2 aromatic heterocycles. The predicted octanol–water partition coefficient (Wildman–Crippen LogP) is 4.57. The molecule has 0 saturated carbocycles. The number of methoxy groups -OCH3 is 1. The van der Waals surface area contributed by atoms with Crippen molar-refractivity contribution < 1.29 is 27.4 Å². The van der Waals surface area contributed by atoms with Gasteiger partial charge >= 0.3 is 6.36 Å². The summed E-state index contributed by atoms with van der Waals surface area (Å²) >= 11 is 2.17. The van der Waals surface area contributed by atoms with E-state index in [-0.39, 0.29) is 18.5 Å². The Kier molecular flexibility index (Phi) is 7.14. The summed E-state index contributed by atoms with van der Waals surface area (Å²) in [7, 11) is 1.55. The molecule has 0 aliphatic rings. The first kappa shape index (κ1) is 22.3. The van der Waals surface area contributed by atoms with Gasteiger partial charge in [-0.3, -0.25) is 9.78 Å². The van der Waals surface area contributed by atoms with Crippen LogP contribution in [-0.2, 0) is 6.54 Å². The average molecular weight is 550 g/mol. The smallest absolute Gasteiger partial charge is 0.496 e. The van der Waals surface area contributed by atoms with Crippen LogP contribution >= 0.6 is 28.4 Å². The number of amides is 1. The molecule has 0 fully saturated rings. The van der Waals surface area contributed by atoms with Crippen molar-refractivity contribution in [1.82, 2.24) is 19.9 Å². The number of para-hydroxylation sites is 1. The number of aromatic nitrogens is 3. The molecular weight excluding hydrogens is 535 g/mol. The van der Waals surface area contributed by atoms with Crippen LogP contribution in [-0.4, -0.2) is 33.9 Å². The molecule has 30 heavy (non-hydrogen) atoms. The second kappa shape index (κ2) is 9.61. The van der Waals surface area contributed by atoms with Gasteiger partial charge in [0.2, 0.25) is 0 Å². The highest BCUT2D eigenvalue weighted by molar-refractivity contribution is 14.2. The van der Waals surface area contributed by atoms with Crippen LogP contribution in [0.15, 0.2) is 48.8 Å². The number of benzene rings is 1. The molecule has 1 atom stereocenters. The zero-order chi connectivity index (χ0) is 21.7. The van der Waals surface area contributed by atoms with Crippen molar-refractivity contribution >= 4 is 34.3 Å². The van der Waals surface area contributed by atoms with Crippen LogP contribution in [0.25, 0.3) is 11.3 Å². The van der Waals surface area contributed by atoms with Crippen LogP contribution in [0, 0.1) is 0 Å². The molecule has 3 aromatic rings. The molecule has 1 amide bonds. The van der Waals surface area contributed by atoms with E-state index in [4.69, 9.17) is 4.74 Å². The van der Waals surface area contributed by atoms with E-state index in [2.05, 4.69) is 42.2 Å². The van der Waals surface area contributed by atoms with Gasteiger partial charge in [-0.2, -0.15) is 5.10 Å². The van der Waals surface area contributed by atoms with E-state index in [9.17, 15) is 18.0 Å². The van der Waals surface area contributed by atoms with Gasteiger partial charge in [0, 0.05) is 12.4 Å². The average Bonchev–Trinajstić information content (AvgIpc) is 3.14. The number of carbonyl (C=O) groups is 1. The minimum atomic E-state index is -4.89. The van der Waals surface area contributed by atoms with Crippen LogP contribution in [0.3, 0.4) is 0 Å². The van der Waals surface area contributed by atoms with Crippen LogP contribution in [0.1, 0.15) is 16.1 Å². The van der Waals surface area contributed by atoms with Crippen molar-refractivity contribution in [3.63, 3.8) is 0 Å². The Labute approximate surface area is 184 Å². The van der Waals surface area contributed by atoms with Crippen molar-refractivity contribution in [2.45, 2.75) is 12.9 Å². The zero-order valence-electron chi connectivity index (χ0n) is 15.4. The Morgan fingerprint density at radius 3 is 2.73 bits per heavy atom. The number of pyridine rings is 1. The molecule has 0 bridgehead atoms. The number of hydrogen-bond acceptors (Lipinski definition) is 5. The third-order valence-electron chi connectivity index (χ3n) is 3.90. The van der Waals surface area contributed by atoms with Gasteiger partial charge in [-0.25, -0.2) is 4.45 Å². The lowest BCUT2D eigenvalue weighted by atomic mass is 10.1. The van der Waals surface area contributed by atoms with E-state index in [1.54, 1.807) is 36.1 Å². The minimum Gasteiger partial charge on any atom is -0.496 e. The lowest BCUT2D eigenvalue weighted by molar-refractivity contribution is -0.274. The molecule has 1 aromatic carbocycles. The van der Waals surface area contributed by atoms with Crippen LogP contribution in [0.2, 0.25) is 0 Å². The van der Waals surface area contributed by atoms with Crippen LogP contribution in [0.5, 0.6) is 11.5 Å². The standard InChI is InChI=1S/C18H15F3IN4O3P/c1-28-15-6-7-23-10-13(15)14-8-11(25-26(14)30-22)9-24-17(27)12-4-2-3-5-16(12)29-18(19,20)21/h2-8,10,30H,9H2,1H3,(H,24,27). The second-order valence-corrected chi connectivity index (χ2v) is 7.86. The normalized spacial score (nSPS) is 11.6. The lowest BCUT2D eigenvalue weighted by Crippen LogP contribution is -2.25. The van der Waals surface area contributed by atoms with Crippen molar-refractivity contribution in [3.05, 3.63) is 60.0 Å². The van der Waals surface area contributed by atoms with E-state index in [0.29, 0.717) is 11.4 Å². The first-order chi connectivity index (χ1) is 14.3. The first-order valence-electron chi connectivity index (χ1n) is 8.39. The first-order valence-corrected chi connectivity index (χ1v) is 12.5. The fraction of sp³-hybridized carbons (Fsp3) is 0.167. The summed E-state index contributed by atoms with van der Waals surface area (Å²) in [6.07, 6.45) is -1.37. The molecule has 7 nitrogen and oxygen atoms in total. The second-order valence-electron chi connectivity index (χ2n) is 5.82. The van der Waals surface area contributed by atoms with Crippen molar-refractivity contribution in [1.29, 1.82) is 0 Å². The molecule has 158 valence electrons. The molecule has 0 radical (unpaired) electrons. The van der Waals surface area contributed by atoms with Crippen molar-refractivity contribution in [2.75, 3.05) is 7.11 Å². The fourth-order valence-corrected chi connectivity index (χ4v) is 4.20. The van der Waals surface area contributed by atoms with Crippen molar-refractivity contribution in [2.24, 2.45) is 0 Å². The topological polar surface area (TPSA) is 78.3 Å². The minimum absolute atomic E-state index is 0.0167. The van der Waals surface area contributed by atoms with E-state index in [1.165, 1.54) is 18.2 Å². The summed E-state index contributed by atoms with van der Waals surface area (Å²) in [4.78, 5) is 16.5. The summed E-state index contributed by atoms with van der Waals surface area (Å²) in [5, 5.41) is 7.02. The zero-order valence-corrected chi connectivity index (χ0v) is 18.6. The number of halogens is 4. The third-order valence-corrected chi connectivity index (χ3v) is 5.78. The molecule has 12 heteroatoms. The van der Waals surface area contributed by atoms with Gasteiger partial charge in [0.15, 0.2) is 0 Å². The van der Waals surface area contributed by atoms with Crippen LogP contribution < -0.4 is 14.8 Å². The molecule has 0 saturated heterocycles. The Hall–Kier alpha value is -2.40. The number of nitrogens with one attached hydrogen (secondary N) is 1. The van der Waals surface area contributed by atoms with E-state index in [1.807, 2.05) is 0 Å². The summed E-state index contributed by atoms with van der Waals surface area (Å²) in [5.41, 5.74) is 1.79. The van der Waals surface area contributed by atoms with Gasteiger partial charge in [-0.05, 0) is 46.3 Å². The SMILES string of the molecule is COc1ccncc1-c1cc(CNC(=O)c2ccccc2OC(F)(F)F)nn1PI. The molecule has 3 rings (SSSR count). The third kappa shape index (κ3) is 5.39. The van der Waals surface area contributed by atoms with Gasteiger partial charge in [-0.15, -0.1) is 13.2 Å². The number of carbonyl (C=O) groups excluding carboxylic acids is 1. The quantitative estimate of drug-likeness (QED) is 0.345. The summed E-state index contributed by atoms with van der Waals surface area (Å²) < 4.78 is 48.7. The molecule has 1 unspecified atom stereocenters. The Bertz CT molecular complexity index is 1050. The molecule has 0 aliphatic heterocycles. The number of alkyl halides is 3. The van der Waals surface area contributed by atoms with E-state index < -0.39 is 18.0 Å². The van der Waals surface area contributed by atoms with E-state index in [0.717, 1.165) is 17.3 Å². The largest absolute Gasteiger partial charge is 0.573 e. The molecule has 0 aliphatic carbocycles. The highest BCUT2D eigenvalue weighted by Crippen LogP contribution is 2.35. The van der Waals surface area contributed by atoms with Gasteiger partial charge in [0.1, 0.15) is 11.5 Å². The number of rotatable bonds is 7. The van der Waals surface area contributed by atoms with Crippen LogP contribution in [0.4, 0.5) is 13.2 Å². The predicted molar refractivity (Wildman–Crippen MR) is 114 cm³/mol. The van der Waals surface area contributed by atoms with Gasteiger partial charge in [0.25, 0.3) is 5.91 Å². The number of hydrogen-bond donors (Lipinski definition) is 1. The Morgan fingerprint density at radius 2 is 2.03 bits per heavy atom. The Morgan fingerprint density at radius 1 is 1.27 bits per heavy atom. The highest BCUT2D eigenvalue weighted by Gasteiger charge is 2.32. The maximum absolute atomic E-state index is 12.6. The number of nitrogens with zero attached hydrogens (tertiary/aromatic N) is 3. The maximum Gasteiger partial charge on any atom is 0.573 e. The van der Waals surface area contributed by atoms with E-state index >= 15 is 0 Å². The maximum atomic E-state index is 12.6. The summed E-state index contributed by atoms with van der Waals surface area (Å²) in [6, 6.07) is 8.64. The van der Waals surface area contributed by atoms with Gasteiger partial charge in [-0.1, -0.05) is 12.1 Å². The molecule has 0 spiro atoms. The van der Waals surface area contributed by atoms with Gasteiger partial charge in [0.05, 0.1) is 42.5 Å². The molecular formula is C18H15F3IN4O3P. The lowest BCUT2D eigenvalue weighted by Gasteiger charge is -2.12. The monoisotopic (exact) mass is 550 g/mol. The fourth-order valence-electron chi connectivity index (χ4n) is 2.66. The number of ether oxygens (including phenoxy) is 2.